The Morgan fingerprint density at radius 2 is 2.44 bits per heavy atom. The van der Waals surface area contributed by atoms with Crippen molar-refractivity contribution in [2.45, 2.75) is 26.0 Å². The Morgan fingerprint density at radius 3 is 3.28 bits per heavy atom. The van der Waals surface area contributed by atoms with Gasteiger partial charge in [-0.2, -0.15) is 0 Å². The number of hydrogen-bond donors (Lipinski definition) is 1. The van der Waals surface area contributed by atoms with Gasteiger partial charge in [0.25, 0.3) is 0 Å². The summed E-state index contributed by atoms with van der Waals surface area (Å²) in [5.41, 5.74) is 4.50. The number of rotatable bonds is 4. The van der Waals surface area contributed by atoms with Gasteiger partial charge in [0.05, 0.1) is 5.51 Å². The second-order valence-electron chi connectivity index (χ2n) is 4.65. The zero-order chi connectivity index (χ0) is 12.4. The molecule has 0 fully saturated rings. The Hall–Kier alpha value is -1.39. The van der Waals surface area contributed by atoms with Crippen molar-refractivity contribution in [1.29, 1.82) is 0 Å². The third kappa shape index (κ3) is 2.54. The van der Waals surface area contributed by atoms with Crippen LogP contribution in [0.25, 0.3) is 0 Å². The van der Waals surface area contributed by atoms with Gasteiger partial charge in [-0.05, 0) is 18.6 Å². The predicted octanol–water partition coefficient (Wildman–Crippen LogP) is 2.54. The van der Waals surface area contributed by atoms with Crippen LogP contribution in [0.1, 0.15) is 16.0 Å². The molecule has 0 saturated carbocycles. The highest BCUT2D eigenvalue weighted by Crippen LogP contribution is 2.29. The highest BCUT2D eigenvalue weighted by atomic mass is 32.1. The van der Waals surface area contributed by atoms with Gasteiger partial charge in [-0.15, -0.1) is 11.3 Å². The van der Waals surface area contributed by atoms with Crippen molar-refractivity contribution in [2.75, 3.05) is 6.54 Å². The highest BCUT2D eigenvalue weighted by Gasteiger charge is 2.22. The van der Waals surface area contributed by atoms with E-state index in [4.69, 9.17) is 4.74 Å². The number of aryl methyl sites for hydroxylation is 1. The van der Waals surface area contributed by atoms with Crippen LogP contribution in [0.3, 0.4) is 0 Å². The molecule has 0 bridgehead atoms. The molecule has 0 amide bonds. The first-order valence-corrected chi connectivity index (χ1v) is 7.03. The van der Waals surface area contributed by atoms with Crippen LogP contribution in [0.2, 0.25) is 0 Å². The van der Waals surface area contributed by atoms with Crippen LogP contribution in [0.4, 0.5) is 0 Å². The number of fused-ring (bicyclic) bond motifs is 1. The van der Waals surface area contributed by atoms with Crippen LogP contribution in [-0.2, 0) is 13.0 Å². The largest absolute Gasteiger partial charge is 0.488 e. The molecule has 1 aromatic carbocycles. The minimum atomic E-state index is 0.259. The lowest BCUT2D eigenvalue weighted by molar-refractivity contribution is 0.227. The quantitative estimate of drug-likeness (QED) is 0.917. The predicted molar refractivity (Wildman–Crippen MR) is 73.1 cm³/mol. The molecule has 3 nitrogen and oxygen atoms in total. The first-order chi connectivity index (χ1) is 8.81. The number of ether oxygens (including phenoxy) is 1. The first kappa shape index (κ1) is 11.7. The average Bonchev–Trinajstić information content (AvgIpc) is 2.97. The summed E-state index contributed by atoms with van der Waals surface area (Å²) in [6.45, 7) is 3.88. The molecular formula is C14H16N2OS. The Bertz CT molecular complexity index is 525. The van der Waals surface area contributed by atoms with E-state index in [2.05, 4.69) is 35.4 Å². The summed E-state index contributed by atoms with van der Waals surface area (Å²) < 4.78 is 5.91. The summed E-state index contributed by atoms with van der Waals surface area (Å²) >= 11 is 1.68. The fraction of sp³-hybridized carbons (Fsp3) is 0.357. The molecule has 2 heterocycles. The van der Waals surface area contributed by atoms with Gasteiger partial charge in [-0.25, -0.2) is 0 Å². The van der Waals surface area contributed by atoms with E-state index in [9.17, 15) is 0 Å². The maximum Gasteiger partial charge on any atom is 0.123 e. The van der Waals surface area contributed by atoms with E-state index in [0.717, 1.165) is 25.3 Å². The molecule has 18 heavy (non-hydrogen) atoms. The maximum absolute atomic E-state index is 5.91. The van der Waals surface area contributed by atoms with Crippen molar-refractivity contribution >= 4 is 11.3 Å². The molecule has 0 saturated heterocycles. The molecule has 1 aromatic heterocycles. The van der Waals surface area contributed by atoms with Gasteiger partial charge < -0.3 is 10.1 Å². The monoisotopic (exact) mass is 260 g/mol. The molecule has 1 N–H and O–H groups in total. The van der Waals surface area contributed by atoms with E-state index < -0.39 is 0 Å². The summed E-state index contributed by atoms with van der Waals surface area (Å²) in [7, 11) is 0. The summed E-state index contributed by atoms with van der Waals surface area (Å²) in [6, 6.07) is 6.40. The van der Waals surface area contributed by atoms with E-state index in [1.807, 2.05) is 11.7 Å². The molecule has 1 atom stereocenters. The van der Waals surface area contributed by atoms with Crippen LogP contribution in [0.15, 0.2) is 29.9 Å². The minimum absolute atomic E-state index is 0.259. The number of nitrogens with zero attached hydrogens (tertiary/aromatic N) is 1. The molecular weight excluding hydrogens is 244 g/mol. The number of benzene rings is 1. The Balaban J connectivity index is 1.52. The Kier molecular flexibility index (Phi) is 3.30. The summed E-state index contributed by atoms with van der Waals surface area (Å²) in [5.74, 6) is 1.05. The zero-order valence-corrected chi connectivity index (χ0v) is 11.2. The lowest BCUT2D eigenvalue weighted by atomic mass is 10.1. The normalized spacial score (nSPS) is 17.5. The molecule has 0 spiro atoms. The van der Waals surface area contributed by atoms with E-state index in [1.165, 1.54) is 16.0 Å². The van der Waals surface area contributed by atoms with Crippen molar-refractivity contribution in [3.8, 4) is 5.75 Å². The van der Waals surface area contributed by atoms with Crippen molar-refractivity contribution in [3.05, 3.63) is 45.9 Å². The molecule has 0 aliphatic carbocycles. The maximum atomic E-state index is 5.91. The Labute approximate surface area is 111 Å². The van der Waals surface area contributed by atoms with Gasteiger partial charge in [0.1, 0.15) is 11.9 Å². The summed E-state index contributed by atoms with van der Waals surface area (Å²) in [4.78, 5) is 5.33. The van der Waals surface area contributed by atoms with Crippen LogP contribution < -0.4 is 10.1 Å². The van der Waals surface area contributed by atoms with Crippen molar-refractivity contribution in [1.82, 2.24) is 10.3 Å². The molecule has 3 rings (SSSR count). The van der Waals surface area contributed by atoms with Crippen LogP contribution in [0, 0.1) is 6.92 Å². The van der Waals surface area contributed by atoms with E-state index in [0.29, 0.717) is 0 Å². The second-order valence-corrected chi connectivity index (χ2v) is 5.62. The van der Waals surface area contributed by atoms with Gasteiger partial charge in [0.2, 0.25) is 0 Å². The van der Waals surface area contributed by atoms with Crippen LogP contribution in [0.5, 0.6) is 5.75 Å². The minimum Gasteiger partial charge on any atom is -0.488 e. The van der Waals surface area contributed by atoms with Crippen LogP contribution >= 0.6 is 11.3 Å². The molecule has 94 valence electrons. The zero-order valence-electron chi connectivity index (χ0n) is 10.3. The van der Waals surface area contributed by atoms with Crippen molar-refractivity contribution < 1.29 is 4.74 Å². The molecule has 0 radical (unpaired) electrons. The van der Waals surface area contributed by atoms with Crippen molar-refractivity contribution in [3.63, 3.8) is 0 Å². The van der Waals surface area contributed by atoms with Gasteiger partial charge in [-0.3, -0.25) is 4.98 Å². The second kappa shape index (κ2) is 5.08. The summed E-state index contributed by atoms with van der Waals surface area (Å²) in [5, 5.41) is 3.42. The fourth-order valence-corrected chi connectivity index (χ4v) is 2.81. The van der Waals surface area contributed by atoms with Crippen molar-refractivity contribution in [2.24, 2.45) is 0 Å². The third-order valence-electron chi connectivity index (χ3n) is 3.11. The first-order valence-electron chi connectivity index (χ1n) is 6.15. The molecule has 1 aliphatic heterocycles. The number of nitrogens with one attached hydrogen (secondary N) is 1. The summed E-state index contributed by atoms with van der Waals surface area (Å²) in [6.07, 6.45) is 3.17. The van der Waals surface area contributed by atoms with E-state index in [-0.39, 0.29) is 6.10 Å². The Morgan fingerprint density at radius 1 is 1.50 bits per heavy atom. The highest BCUT2D eigenvalue weighted by molar-refractivity contribution is 7.09. The van der Waals surface area contributed by atoms with Gasteiger partial charge in [0.15, 0.2) is 0 Å². The topological polar surface area (TPSA) is 34.2 Å². The molecule has 1 aliphatic rings. The average molecular weight is 260 g/mol. The number of aromatic nitrogens is 1. The number of thiazole rings is 1. The van der Waals surface area contributed by atoms with E-state index >= 15 is 0 Å². The van der Waals surface area contributed by atoms with Gasteiger partial charge in [0, 0.05) is 30.6 Å². The molecule has 2 aromatic rings. The third-order valence-corrected chi connectivity index (χ3v) is 3.89. The van der Waals surface area contributed by atoms with Crippen LogP contribution in [-0.4, -0.2) is 17.6 Å². The lowest BCUT2D eigenvalue weighted by Crippen LogP contribution is -2.29. The lowest BCUT2D eigenvalue weighted by Gasteiger charge is -2.11. The van der Waals surface area contributed by atoms with E-state index in [1.54, 1.807) is 11.3 Å². The standard InChI is InChI=1S/C14H16N2OS/c1-10-2-3-14-11(4-10)5-12(17-14)6-15-7-13-8-16-9-18-13/h2-4,8-9,12,15H,5-7H2,1H3. The smallest absolute Gasteiger partial charge is 0.123 e. The molecule has 4 heteroatoms. The van der Waals surface area contributed by atoms with Gasteiger partial charge in [-0.1, -0.05) is 17.7 Å². The molecule has 1 unspecified atom stereocenters. The van der Waals surface area contributed by atoms with Gasteiger partial charge >= 0.3 is 0 Å². The fourth-order valence-electron chi connectivity index (χ4n) is 2.25. The SMILES string of the molecule is Cc1ccc2c(c1)CC(CNCc1cncs1)O2. The number of hydrogen-bond acceptors (Lipinski definition) is 4.